The zero-order chi connectivity index (χ0) is 16.0. The van der Waals surface area contributed by atoms with Gasteiger partial charge in [0.1, 0.15) is 0 Å². The molecular weight excluding hydrogens is 286 g/mol. The number of carbonyl (C=O) groups excluding carboxylic acids is 1. The summed E-state index contributed by atoms with van der Waals surface area (Å²) in [5.41, 5.74) is 0.778. The van der Waals surface area contributed by atoms with Gasteiger partial charge in [-0.15, -0.1) is 11.3 Å². The van der Waals surface area contributed by atoms with E-state index in [4.69, 9.17) is 0 Å². The van der Waals surface area contributed by atoms with Crippen LogP contribution in [0.15, 0.2) is 5.38 Å². The molecule has 0 bridgehead atoms. The van der Waals surface area contributed by atoms with Crippen molar-refractivity contribution in [2.24, 2.45) is 5.41 Å². The number of aliphatic hydroxyl groups is 1. The Labute approximate surface area is 131 Å². The lowest BCUT2D eigenvalue weighted by atomic mass is 9.89. The van der Waals surface area contributed by atoms with Crippen molar-refractivity contribution in [2.45, 2.75) is 53.1 Å². The van der Waals surface area contributed by atoms with Crippen molar-refractivity contribution in [3.05, 3.63) is 16.1 Å². The topological polar surface area (TPSA) is 74.2 Å². The van der Waals surface area contributed by atoms with Crippen LogP contribution in [0, 0.1) is 5.41 Å². The summed E-state index contributed by atoms with van der Waals surface area (Å²) in [5, 5.41) is 18.5. The second-order valence-corrected chi connectivity index (χ2v) is 7.49. The average Bonchev–Trinajstić information content (AvgIpc) is 2.83. The molecule has 0 aromatic carbocycles. The first kappa shape index (κ1) is 17.9. The van der Waals surface area contributed by atoms with Crippen molar-refractivity contribution in [3.8, 4) is 0 Å². The van der Waals surface area contributed by atoms with Crippen molar-refractivity contribution < 1.29 is 9.90 Å². The molecule has 0 aliphatic rings. The second kappa shape index (κ2) is 7.75. The zero-order valence-electron chi connectivity index (χ0n) is 13.6. The van der Waals surface area contributed by atoms with Gasteiger partial charge in [0.15, 0.2) is 0 Å². The number of amides is 2. The van der Waals surface area contributed by atoms with Crippen molar-refractivity contribution in [2.75, 3.05) is 13.1 Å². The molecule has 1 heterocycles. The van der Waals surface area contributed by atoms with Crippen LogP contribution in [0.5, 0.6) is 0 Å². The van der Waals surface area contributed by atoms with Gasteiger partial charge in [0, 0.05) is 30.8 Å². The van der Waals surface area contributed by atoms with Crippen molar-refractivity contribution in [3.63, 3.8) is 0 Å². The molecule has 1 aromatic rings. The molecule has 0 aliphatic carbocycles. The molecule has 0 saturated heterocycles. The van der Waals surface area contributed by atoms with Crippen LogP contribution < -0.4 is 10.6 Å². The normalized spacial score (nSPS) is 13.3. The second-order valence-electron chi connectivity index (χ2n) is 6.60. The molecule has 5 nitrogen and oxygen atoms in total. The summed E-state index contributed by atoms with van der Waals surface area (Å²) in [6, 6.07) is -0.252. The van der Waals surface area contributed by atoms with Crippen LogP contribution >= 0.6 is 11.3 Å². The summed E-state index contributed by atoms with van der Waals surface area (Å²) in [7, 11) is 0. The smallest absolute Gasteiger partial charge is 0.314 e. The molecular formula is C15H27N3O2S. The van der Waals surface area contributed by atoms with E-state index in [1.807, 2.05) is 26.2 Å². The van der Waals surface area contributed by atoms with E-state index >= 15 is 0 Å². The van der Waals surface area contributed by atoms with E-state index in [1.165, 1.54) is 0 Å². The summed E-state index contributed by atoms with van der Waals surface area (Å²) in [6.07, 6.45) is 0.161. The molecule has 0 radical (unpaired) electrons. The van der Waals surface area contributed by atoms with Crippen molar-refractivity contribution >= 4 is 17.4 Å². The van der Waals surface area contributed by atoms with E-state index in [0.717, 1.165) is 17.1 Å². The van der Waals surface area contributed by atoms with Crippen LogP contribution in [-0.2, 0) is 6.42 Å². The van der Waals surface area contributed by atoms with Crippen molar-refractivity contribution in [1.29, 1.82) is 0 Å². The van der Waals surface area contributed by atoms with E-state index in [9.17, 15) is 9.90 Å². The molecule has 2 amide bonds. The lowest BCUT2D eigenvalue weighted by Gasteiger charge is -2.25. The Kier molecular flexibility index (Phi) is 6.61. The summed E-state index contributed by atoms with van der Waals surface area (Å²) >= 11 is 1.66. The lowest BCUT2D eigenvalue weighted by molar-refractivity contribution is 0.0650. The maximum atomic E-state index is 11.6. The van der Waals surface area contributed by atoms with Gasteiger partial charge in [0.05, 0.1) is 16.8 Å². The predicted octanol–water partition coefficient (Wildman–Crippen LogP) is 2.52. The third-order valence-electron chi connectivity index (χ3n) is 3.19. The highest BCUT2D eigenvalue weighted by Gasteiger charge is 2.22. The molecule has 1 aromatic heterocycles. The summed E-state index contributed by atoms with van der Waals surface area (Å²) < 4.78 is 0. The minimum atomic E-state index is -0.560. The number of hydrogen-bond donors (Lipinski definition) is 3. The third kappa shape index (κ3) is 6.44. The molecule has 1 atom stereocenters. The largest absolute Gasteiger partial charge is 0.391 e. The van der Waals surface area contributed by atoms with Crippen LogP contribution in [-0.4, -0.2) is 35.3 Å². The number of aliphatic hydroxyl groups excluding tert-OH is 1. The highest BCUT2D eigenvalue weighted by Crippen LogP contribution is 2.19. The minimum absolute atomic E-state index is 0.235. The van der Waals surface area contributed by atoms with Gasteiger partial charge in [0.25, 0.3) is 0 Å². The van der Waals surface area contributed by atoms with Gasteiger partial charge < -0.3 is 15.7 Å². The summed E-state index contributed by atoms with van der Waals surface area (Å²) in [4.78, 5) is 16.1. The number of urea groups is 1. The van der Waals surface area contributed by atoms with Gasteiger partial charge >= 0.3 is 6.03 Å². The molecule has 0 spiro atoms. The molecule has 1 unspecified atom stereocenters. The molecule has 0 fully saturated rings. The van der Waals surface area contributed by atoms with Gasteiger partial charge in [-0.05, 0) is 5.41 Å². The van der Waals surface area contributed by atoms with Crippen LogP contribution in [0.3, 0.4) is 0 Å². The number of thiazole rings is 1. The van der Waals surface area contributed by atoms with Gasteiger partial charge in [0.2, 0.25) is 0 Å². The molecule has 6 heteroatoms. The van der Waals surface area contributed by atoms with E-state index in [1.54, 1.807) is 11.3 Å². The molecule has 0 aliphatic heterocycles. The van der Waals surface area contributed by atoms with E-state index in [-0.39, 0.29) is 18.0 Å². The Morgan fingerprint density at radius 2 is 2.05 bits per heavy atom. The standard InChI is InChI=1S/C15H27N3O2S/c1-10(2)13-18-11(9-21-13)6-7-16-14(20)17-8-12(19)15(3,4)5/h9-10,12,19H,6-8H2,1-5H3,(H2,16,17,20). The van der Waals surface area contributed by atoms with Crippen LogP contribution in [0.25, 0.3) is 0 Å². The van der Waals surface area contributed by atoms with E-state index in [2.05, 4.69) is 29.5 Å². The minimum Gasteiger partial charge on any atom is -0.391 e. The summed E-state index contributed by atoms with van der Waals surface area (Å²) in [5.74, 6) is 0.443. The molecule has 0 saturated carbocycles. The van der Waals surface area contributed by atoms with Gasteiger partial charge in [-0.25, -0.2) is 9.78 Å². The fraction of sp³-hybridized carbons (Fsp3) is 0.733. The highest BCUT2D eigenvalue weighted by atomic mass is 32.1. The number of carbonyl (C=O) groups is 1. The number of nitrogens with one attached hydrogen (secondary N) is 2. The third-order valence-corrected chi connectivity index (χ3v) is 4.38. The Bertz CT molecular complexity index is 452. The molecule has 21 heavy (non-hydrogen) atoms. The number of nitrogens with zero attached hydrogens (tertiary/aromatic N) is 1. The molecule has 1 rings (SSSR count). The first-order valence-electron chi connectivity index (χ1n) is 7.34. The lowest BCUT2D eigenvalue weighted by Crippen LogP contribution is -2.44. The number of rotatable bonds is 6. The molecule has 120 valence electrons. The fourth-order valence-electron chi connectivity index (χ4n) is 1.56. The Morgan fingerprint density at radius 1 is 1.38 bits per heavy atom. The van der Waals surface area contributed by atoms with Crippen LogP contribution in [0.2, 0.25) is 0 Å². The fourth-order valence-corrected chi connectivity index (χ4v) is 2.43. The Hall–Kier alpha value is -1.14. The monoisotopic (exact) mass is 313 g/mol. The summed E-state index contributed by atoms with van der Waals surface area (Å²) in [6.45, 7) is 10.8. The highest BCUT2D eigenvalue weighted by molar-refractivity contribution is 7.09. The van der Waals surface area contributed by atoms with Crippen LogP contribution in [0.1, 0.15) is 51.2 Å². The Balaban J connectivity index is 2.24. The number of hydrogen-bond acceptors (Lipinski definition) is 4. The predicted molar refractivity (Wildman–Crippen MR) is 86.8 cm³/mol. The maximum Gasteiger partial charge on any atom is 0.314 e. The molecule has 3 N–H and O–H groups in total. The van der Waals surface area contributed by atoms with Crippen molar-refractivity contribution in [1.82, 2.24) is 15.6 Å². The SMILES string of the molecule is CC(C)c1nc(CCNC(=O)NCC(O)C(C)(C)C)cs1. The first-order chi connectivity index (χ1) is 9.70. The Morgan fingerprint density at radius 3 is 2.57 bits per heavy atom. The average molecular weight is 313 g/mol. The number of aromatic nitrogens is 1. The van der Waals surface area contributed by atoms with Gasteiger partial charge in [-0.2, -0.15) is 0 Å². The van der Waals surface area contributed by atoms with E-state index in [0.29, 0.717) is 12.5 Å². The quantitative estimate of drug-likeness (QED) is 0.755. The zero-order valence-corrected chi connectivity index (χ0v) is 14.4. The first-order valence-corrected chi connectivity index (χ1v) is 8.22. The van der Waals surface area contributed by atoms with Crippen LogP contribution in [0.4, 0.5) is 4.79 Å². The van der Waals surface area contributed by atoms with E-state index < -0.39 is 6.10 Å². The maximum absolute atomic E-state index is 11.6. The van der Waals surface area contributed by atoms with Gasteiger partial charge in [-0.3, -0.25) is 0 Å². The van der Waals surface area contributed by atoms with Gasteiger partial charge in [-0.1, -0.05) is 34.6 Å².